The molecule has 0 unspecified atom stereocenters. The van der Waals surface area contributed by atoms with Gasteiger partial charge in [-0.05, 0) is 23.6 Å². The van der Waals surface area contributed by atoms with Crippen molar-refractivity contribution in [1.29, 1.82) is 0 Å². The van der Waals surface area contributed by atoms with Gasteiger partial charge in [0.1, 0.15) is 0 Å². The molecule has 0 bridgehead atoms. The summed E-state index contributed by atoms with van der Waals surface area (Å²) in [6.07, 6.45) is 0.985. The first kappa shape index (κ1) is 11.5. The largest absolute Gasteiger partial charge is 0.504 e. The van der Waals surface area contributed by atoms with Crippen LogP contribution < -0.4 is 4.74 Å². The highest BCUT2D eigenvalue weighted by atomic mass is 16.5. The molecule has 0 spiro atoms. The maximum Gasteiger partial charge on any atom is 0.165 e. The highest BCUT2D eigenvalue weighted by molar-refractivity contribution is 5.73. The van der Waals surface area contributed by atoms with Crippen LogP contribution in [0.5, 0.6) is 11.5 Å². The number of aromatic hydroxyl groups is 1. The Bertz CT molecular complexity index is 518. The van der Waals surface area contributed by atoms with E-state index in [4.69, 9.17) is 4.74 Å². The second-order valence-electron chi connectivity index (χ2n) is 3.91. The first-order valence-electron chi connectivity index (χ1n) is 5.71. The average molecular weight is 228 g/mol. The lowest BCUT2D eigenvalue weighted by Crippen LogP contribution is -1.87. The van der Waals surface area contributed by atoms with E-state index in [1.165, 1.54) is 5.56 Å². The lowest BCUT2D eigenvalue weighted by Gasteiger charge is -2.09. The number of benzene rings is 2. The Morgan fingerprint density at radius 1 is 1.12 bits per heavy atom. The van der Waals surface area contributed by atoms with Crippen molar-refractivity contribution in [3.8, 4) is 22.6 Å². The van der Waals surface area contributed by atoms with E-state index in [2.05, 4.69) is 19.1 Å². The van der Waals surface area contributed by atoms with Gasteiger partial charge in [0, 0.05) is 5.56 Å². The molecule has 0 atom stereocenters. The van der Waals surface area contributed by atoms with Crippen LogP contribution in [0.1, 0.15) is 12.5 Å². The van der Waals surface area contributed by atoms with Crippen molar-refractivity contribution in [3.05, 3.63) is 48.0 Å². The van der Waals surface area contributed by atoms with Gasteiger partial charge in [0.2, 0.25) is 0 Å². The Morgan fingerprint density at radius 3 is 2.59 bits per heavy atom. The van der Waals surface area contributed by atoms with Gasteiger partial charge in [0.25, 0.3) is 0 Å². The predicted octanol–water partition coefficient (Wildman–Crippen LogP) is 3.63. The third-order valence-electron chi connectivity index (χ3n) is 2.87. The molecule has 0 heterocycles. The topological polar surface area (TPSA) is 29.5 Å². The monoisotopic (exact) mass is 228 g/mol. The van der Waals surface area contributed by atoms with Crippen molar-refractivity contribution in [2.45, 2.75) is 13.3 Å². The highest BCUT2D eigenvalue weighted by Gasteiger charge is 2.09. The molecule has 2 aromatic carbocycles. The SMILES string of the molecule is CCc1cccc(-c2cccc(OC)c2O)c1. The Hall–Kier alpha value is -1.96. The molecule has 0 radical (unpaired) electrons. The van der Waals surface area contributed by atoms with Crippen molar-refractivity contribution < 1.29 is 9.84 Å². The van der Waals surface area contributed by atoms with Crippen LogP contribution in [0.4, 0.5) is 0 Å². The lowest BCUT2D eigenvalue weighted by atomic mass is 10.0. The summed E-state index contributed by atoms with van der Waals surface area (Å²) in [6.45, 7) is 2.12. The van der Waals surface area contributed by atoms with Crippen LogP contribution in [-0.4, -0.2) is 12.2 Å². The Labute approximate surface area is 101 Å². The molecule has 1 N–H and O–H groups in total. The number of phenols is 1. The van der Waals surface area contributed by atoms with Crippen molar-refractivity contribution in [2.24, 2.45) is 0 Å². The number of para-hydroxylation sites is 1. The smallest absolute Gasteiger partial charge is 0.165 e. The molecule has 0 saturated heterocycles. The lowest BCUT2D eigenvalue weighted by molar-refractivity contribution is 0.374. The number of hydrogen-bond acceptors (Lipinski definition) is 2. The molecule has 2 heteroatoms. The standard InChI is InChI=1S/C15H16O2/c1-3-11-6-4-7-12(10-11)13-8-5-9-14(17-2)15(13)16/h4-10,16H,3H2,1-2H3. The Balaban J connectivity index is 2.52. The molecule has 2 nitrogen and oxygen atoms in total. The van der Waals surface area contributed by atoms with E-state index < -0.39 is 0 Å². The van der Waals surface area contributed by atoms with Gasteiger partial charge in [-0.2, -0.15) is 0 Å². The van der Waals surface area contributed by atoms with Crippen LogP contribution in [0.25, 0.3) is 11.1 Å². The number of methoxy groups -OCH3 is 1. The first-order chi connectivity index (χ1) is 8.26. The zero-order chi connectivity index (χ0) is 12.3. The zero-order valence-electron chi connectivity index (χ0n) is 10.1. The molecule has 0 aliphatic carbocycles. The second-order valence-corrected chi connectivity index (χ2v) is 3.91. The molecule has 2 rings (SSSR count). The number of rotatable bonds is 3. The number of phenolic OH excluding ortho intramolecular Hbond substituents is 1. The minimum absolute atomic E-state index is 0.197. The van der Waals surface area contributed by atoms with E-state index in [1.54, 1.807) is 13.2 Å². The van der Waals surface area contributed by atoms with Crippen molar-refractivity contribution in [2.75, 3.05) is 7.11 Å². The van der Waals surface area contributed by atoms with Gasteiger partial charge >= 0.3 is 0 Å². The second kappa shape index (κ2) is 4.91. The minimum Gasteiger partial charge on any atom is -0.504 e. The summed E-state index contributed by atoms with van der Waals surface area (Å²) in [5, 5.41) is 10.1. The van der Waals surface area contributed by atoms with Crippen LogP contribution in [-0.2, 0) is 6.42 Å². The van der Waals surface area contributed by atoms with Gasteiger partial charge in [-0.3, -0.25) is 0 Å². The fraction of sp³-hybridized carbons (Fsp3) is 0.200. The van der Waals surface area contributed by atoms with Gasteiger partial charge in [0.05, 0.1) is 7.11 Å². The summed E-state index contributed by atoms with van der Waals surface area (Å²) in [4.78, 5) is 0. The zero-order valence-corrected chi connectivity index (χ0v) is 10.1. The van der Waals surface area contributed by atoms with E-state index >= 15 is 0 Å². The molecule has 2 aromatic rings. The first-order valence-corrected chi connectivity index (χ1v) is 5.71. The van der Waals surface area contributed by atoms with Crippen LogP contribution in [0.15, 0.2) is 42.5 Å². The fourth-order valence-electron chi connectivity index (χ4n) is 1.88. The highest BCUT2D eigenvalue weighted by Crippen LogP contribution is 2.36. The number of aryl methyl sites for hydroxylation is 1. The van der Waals surface area contributed by atoms with Crippen molar-refractivity contribution >= 4 is 0 Å². The summed E-state index contributed by atoms with van der Waals surface area (Å²) in [5.41, 5.74) is 3.07. The third-order valence-corrected chi connectivity index (χ3v) is 2.87. The van der Waals surface area contributed by atoms with Crippen LogP contribution in [0.3, 0.4) is 0 Å². The quantitative estimate of drug-likeness (QED) is 0.869. The molecule has 0 amide bonds. The Kier molecular flexibility index (Phi) is 3.33. The van der Waals surface area contributed by atoms with Crippen molar-refractivity contribution in [3.63, 3.8) is 0 Å². The predicted molar refractivity (Wildman–Crippen MR) is 69.5 cm³/mol. The Morgan fingerprint density at radius 2 is 1.88 bits per heavy atom. The van der Waals surface area contributed by atoms with E-state index in [0.29, 0.717) is 5.75 Å². The van der Waals surface area contributed by atoms with Crippen LogP contribution >= 0.6 is 0 Å². The van der Waals surface area contributed by atoms with E-state index in [1.807, 2.05) is 24.3 Å². The third kappa shape index (κ3) is 2.26. The molecular formula is C15H16O2. The van der Waals surface area contributed by atoms with E-state index in [-0.39, 0.29) is 5.75 Å². The summed E-state index contributed by atoms with van der Waals surface area (Å²) < 4.78 is 5.11. The molecule has 0 aliphatic heterocycles. The number of ether oxygens (including phenoxy) is 1. The number of hydrogen-bond donors (Lipinski definition) is 1. The van der Waals surface area contributed by atoms with Crippen LogP contribution in [0, 0.1) is 0 Å². The fourth-order valence-corrected chi connectivity index (χ4v) is 1.88. The maximum atomic E-state index is 10.1. The van der Waals surface area contributed by atoms with Gasteiger partial charge in [-0.15, -0.1) is 0 Å². The molecule has 88 valence electrons. The molecular weight excluding hydrogens is 212 g/mol. The maximum absolute atomic E-state index is 10.1. The minimum atomic E-state index is 0.197. The molecule has 0 aliphatic rings. The van der Waals surface area contributed by atoms with Crippen LogP contribution in [0.2, 0.25) is 0 Å². The molecule has 0 saturated carbocycles. The summed E-state index contributed by atoms with van der Waals surface area (Å²) in [7, 11) is 1.56. The van der Waals surface area contributed by atoms with Gasteiger partial charge < -0.3 is 9.84 Å². The van der Waals surface area contributed by atoms with E-state index in [9.17, 15) is 5.11 Å². The van der Waals surface area contributed by atoms with E-state index in [0.717, 1.165) is 17.5 Å². The van der Waals surface area contributed by atoms with Crippen molar-refractivity contribution in [1.82, 2.24) is 0 Å². The van der Waals surface area contributed by atoms with Gasteiger partial charge in [-0.1, -0.05) is 43.3 Å². The average Bonchev–Trinajstić information content (AvgIpc) is 2.39. The summed E-state index contributed by atoms with van der Waals surface area (Å²) in [6, 6.07) is 13.7. The molecule has 0 fully saturated rings. The molecule has 0 aromatic heterocycles. The summed E-state index contributed by atoms with van der Waals surface area (Å²) >= 11 is 0. The summed E-state index contributed by atoms with van der Waals surface area (Å²) in [5.74, 6) is 0.702. The van der Waals surface area contributed by atoms with Gasteiger partial charge in [0.15, 0.2) is 11.5 Å². The normalized spacial score (nSPS) is 10.2. The van der Waals surface area contributed by atoms with Gasteiger partial charge in [-0.25, -0.2) is 0 Å². The molecule has 17 heavy (non-hydrogen) atoms.